The molecule has 1 atom stereocenters. The molecule has 0 radical (unpaired) electrons. The van der Waals surface area contributed by atoms with Crippen LogP contribution in [0.25, 0.3) is 0 Å². The number of nitrogens with two attached hydrogens (primary N) is 1. The zero-order chi connectivity index (χ0) is 19.5. The fourth-order valence-electron chi connectivity index (χ4n) is 3.25. The van der Waals surface area contributed by atoms with Gasteiger partial charge in [-0.15, -0.1) is 0 Å². The molecule has 0 bridgehead atoms. The number of nitrogens with one attached hydrogen (secondary N) is 1. The average Bonchev–Trinajstić information content (AvgIpc) is 2.56. The van der Waals surface area contributed by atoms with Gasteiger partial charge in [0.05, 0.1) is 0 Å². The number of hydrogen-bond acceptors (Lipinski definition) is 3. The molecule has 0 spiro atoms. The maximum Gasteiger partial charge on any atom is 0.251 e. The van der Waals surface area contributed by atoms with Crippen LogP contribution >= 0.6 is 0 Å². The Morgan fingerprint density at radius 3 is 2.38 bits per heavy atom. The lowest BCUT2D eigenvalue weighted by Crippen LogP contribution is -2.54. The number of amides is 2. The predicted molar refractivity (Wildman–Crippen MR) is 105 cm³/mol. The average molecular weight is 360 g/mol. The minimum Gasteiger partial charge on any atom is -0.352 e. The van der Waals surface area contributed by atoms with Gasteiger partial charge >= 0.3 is 0 Å². The third-order valence-electron chi connectivity index (χ3n) is 5.30. The van der Waals surface area contributed by atoms with Gasteiger partial charge in [0.2, 0.25) is 5.91 Å². The van der Waals surface area contributed by atoms with Gasteiger partial charge in [0.15, 0.2) is 0 Å². The molecule has 1 aromatic rings. The highest BCUT2D eigenvalue weighted by Gasteiger charge is 2.35. The van der Waals surface area contributed by atoms with E-state index >= 15 is 0 Å². The molecular weight excluding hydrogens is 326 g/mol. The van der Waals surface area contributed by atoms with Gasteiger partial charge in [0, 0.05) is 37.7 Å². The summed E-state index contributed by atoms with van der Waals surface area (Å²) < 4.78 is 0. The zero-order valence-electron chi connectivity index (χ0n) is 16.8. The van der Waals surface area contributed by atoms with Crippen LogP contribution < -0.4 is 11.1 Å². The van der Waals surface area contributed by atoms with Crippen molar-refractivity contribution < 1.29 is 9.59 Å². The van der Waals surface area contributed by atoms with E-state index in [1.54, 1.807) is 0 Å². The number of likely N-dealkylation sites (tertiary alicyclic amines) is 1. The normalized spacial score (nSPS) is 19.9. The lowest BCUT2D eigenvalue weighted by Gasteiger charge is -2.42. The van der Waals surface area contributed by atoms with Crippen LogP contribution in [0.5, 0.6) is 0 Å². The van der Waals surface area contributed by atoms with Gasteiger partial charge in [-0.2, -0.15) is 0 Å². The van der Waals surface area contributed by atoms with Gasteiger partial charge in [-0.3, -0.25) is 9.59 Å². The maximum atomic E-state index is 12.4. The third-order valence-corrected chi connectivity index (χ3v) is 5.30. The van der Waals surface area contributed by atoms with Crippen molar-refractivity contribution in [1.82, 2.24) is 10.2 Å². The number of hydrogen-bond donors (Lipinski definition) is 2. The molecule has 1 aromatic carbocycles. The van der Waals surface area contributed by atoms with E-state index in [9.17, 15) is 9.59 Å². The van der Waals surface area contributed by atoms with Crippen molar-refractivity contribution in [2.24, 2.45) is 11.1 Å². The van der Waals surface area contributed by atoms with E-state index in [1.807, 2.05) is 29.2 Å². The number of rotatable bonds is 4. The number of piperidine rings is 1. The predicted octanol–water partition coefficient (Wildman–Crippen LogP) is 2.69. The summed E-state index contributed by atoms with van der Waals surface area (Å²) in [6.07, 6.45) is 1.14. The summed E-state index contributed by atoms with van der Waals surface area (Å²) in [5, 5.41) is 2.85. The molecule has 1 unspecified atom stereocenters. The van der Waals surface area contributed by atoms with Crippen molar-refractivity contribution in [3.8, 4) is 0 Å². The minimum atomic E-state index is -0.140. The molecule has 3 N–H and O–H groups in total. The van der Waals surface area contributed by atoms with E-state index in [0.29, 0.717) is 31.6 Å². The Labute approximate surface area is 157 Å². The molecule has 0 aromatic heterocycles. The summed E-state index contributed by atoms with van der Waals surface area (Å²) in [6.45, 7) is 12.3. The van der Waals surface area contributed by atoms with Gasteiger partial charge in [-0.25, -0.2) is 0 Å². The summed E-state index contributed by atoms with van der Waals surface area (Å²) in [4.78, 5) is 26.5. The molecule has 0 aliphatic carbocycles. The second-order valence-electron chi connectivity index (χ2n) is 9.03. The van der Waals surface area contributed by atoms with Crippen LogP contribution in [-0.4, -0.2) is 42.4 Å². The molecule has 1 saturated heterocycles. The van der Waals surface area contributed by atoms with Crippen LogP contribution in [0.3, 0.4) is 0 Å². The van der Waals surface area contributed by atoms with Crippen molar-refractivity contribution in [1.29, 1.82) is 0 Å². The Kier molecular flexibility index (Phi) is 6.12. The number of nitrogens with zero attached hydrogens (tertiary/aromatic N) is 1. The zero-order valence-corrected chi connectivity index (χ0v) is 16.8. The molecular formula is C21H33N3O2. The van der Waals surface area contributed by atoms with Crippen LogP contribution in [0.1, 0.15) is 63.4 Å². The van der Waals surface area contributed by atoms with E-state index in [0.717, 1.165) is 6.42 Å². The lowest BCUT2D eigenvalue weighted by atomic mass is 9.79. The minimum absolute atomic E-state index is 0.0617. The summed E-state index contributed by atoms with van der Waals surface area (Å²) in [6, 6.07) is 7.78. The van der Waals surface area contributed by atoms with Crippen molar-refractivity contribution in [3.63, 3.8) is 0 Å². The van der Waals surface area contributed by atoms with Gasteiger partial charge < -0.3 is 16.0 Å². The molecule has 144 valence electrons. The van der Waals surface area contributed by atoms with E-state index < -0.39 is 0 Å². The fourth-order valence-corrected chi connectivity index (χ4v) is 3.25. The smallest absolute Gasteiger partial charge is 0.251 e. The Hall–Kier alpha value is -1.88. The molecule has 26 heavy (non-hydrogen) atoms. The summed E-state index contributed by atoms with van der Waals surface area (Å²) in [5.41, 5.74) is 7.93. The molecule has 1 aliphatic heterocycles. The van der Waals surface area contributed by atoms with Crippen LogP contribution in [0.15, 0.2) is 24.3 Å². The van der Waals surface area contributed by atoms with Gasteiger partial charge in [-0.05, 0) is 34.9 Å². The van der Waals surface area contributed by atoms with Crippen molar-refractivity contribution in [2.75, 3.05) is 19.6 Å². The number of benzene rings is 1. The fraction of sp³-hybridized carbons (Fsp3) is 0.619. The molecule has 5 nitrogen and oxygen atoms in total. The van der Waals surface area contributed by atoms with Crippen LogP contribution in [-0.2, 0) is 10.2 Å². The Balaban J connectivity index is 1.82. The van der Waals surface area contributed by atoms with Gasteiger partial charge in [0.25, 0.3) is 5.91 Å². The van der Waals surface area contributed by atoms with Crippen molar-refractivity contribution >= 4 is 11.8 Å². The first kappa shape index (κ1) is 20.4. The molecule has 0 saturated carbocycles. The number of carbonyl (C=O) groups is 2. The van der Waals surface area contributed by atoms with Crippen molar-refractivity contribution in [2.45, 2.75) is 58.9 Å². The first-order valence-electron chi connectivity index (χ1n) is 9.43. The summed E-state index contributed by atoms with van der Waals surface area (Å²) >= 11 is 0. The van der Waals surface area contributed by atoms with Gasteiger partial charge in [-0.1, -0.05) is 46.8 Å². The molecule has 2 rings (SSSR count). The lowest BCUT2D eigenvalue weighted by molar-refractivity contribution is -0.134. The highest BCUT2D eigenvalue weighted by Crippen LogP contribution is 2.28. The van der Waals surface area contributed by atoms with Crippen molar-refractivity contribution in [3.05, 3.63) is 35.4 Å². The standard InChI is InChI=1S/C21H33N3O2/c1-20(2,3)16-8-6-15(7-9-16)19(26)23-12-10-18(25)24-13-11-17(22)21(4,5)14-24/h6-9,17H,10-14,22H2,1-5H3,(H,23,26). The third kappa shape index (κ3) is 5.07. The quantitative estimate of drug-likeness (QED) is 0.868. The van der Waals surface area contributed by atoms with E-state index in [4.69, 9.17) is 5.73 Å². The van der Waals surface area contributed by atoms with Crippen LogP contribution in [0, 0.1) is 5.41 Å². The van der Waals surface area contributed by atoms with E-state index in [2.05, 4.69) is 39.9 Å². The summed E-state index contributed by atoms with van der Waals surface area (Å²) in [7, 11) is 0. The Morgan fingerprint density at radius 1 is 1.23 bits per heavy atom. The first-order valence-corrected chi connectivity index (χ1v) is 9.43. The largest absolute Gasteiger partial charge is 0.352 e. The highest BCUT2D eigenvalue weighted by atomic mass is 16.2. The van der Waals surface area contributed by atoms with E-state index in [1.165, 1.54) is 5.56 Å². The van der Waals surface area contributed by atoms with E-state index in [-0.39, 0.29) is 28.7 Å². The van der Waals surface area contributed by atoms with Crippen LogP contribution in [0.4, 0.5) is 0 Å². The molecule has 1 aliphatic rings. The number of carbonyl (C=O) groups excluding carboxylic acids is 2. The molecule has 2 amide bonds. The molecule has 5 heteroatoms. The highest BCUT2D eigenvalue weighted by molar-refractivity contribution is 5.94. The summed E-state index contributed by atoms with van der Waals surface area (Å²) in [5.74, 6) is -0.0624. The van der Waals surface area contributed by atoms with Gasteiger partial charge in [0.1, 0.15) is 0 Å². The SMILES string of the molecule is CC(C)(C)c1ccc(C(=O)NCCC(=O)N2CCC(N)C(C)(C)C2)cc1. The second kappa shape index (κ2) is 7.78. The Bertz CT molecular complexity index is 644. The molecule has 1 fully saturated rings. The Morgan fingerprint density at radius 2 is 1.85 bits per heavy atom. The first-order chi connectivity index (χ1) is 12.0. The topological polar surface area (TPSA) is 75.4 Å². The maximum absolute atomic E-state index is 12.4. The van der Waals surface area contributed by atoms with Crippen LogP contribution in [0.2, 0.25) is 0 Å². The second-order valence-corrected chi connectivity index (χ2v) is 9.03. The monoisotopic (exact) mass is 359 g/mol. The molecule has 1 heterocycles.